The zero-order valence-corrected chi connectivity index (χ0v) is 8.21. The molecule has 1 aliphatic heterocycles. The van der Waals surface area contributed by atoms with Gasteiger partial charge >= 0.3 is 5.97 Å². The molecule has 74 valence electrons. The summed E-state index contributed by atoms with van der Waals surface area (Å²) >= 11 is 0. The van der Waals surface area contributed by atoms with Crippen LogP contribution in [0.3, 0.4) is 0 Å². The largest absolute Gasteiger partial charge is 0.460 e. The minimum atomic E-state index is -0.328. The molecule has 0 aliphatic carbocycles. The van der Waals surface area contributed by atoms with Crippen molar-refractivity contribution in [1.29, 1.82) is 0 Å². The molecule has 0 aromatic rings. The first-order chi connectivity index (χ1) is 6.15. The van der Waals surface area contributed by atoms with Gasteiger partial charge in [0.05, 0.1) is 12.7 Å². The normalized spacial score (nSPS) is 26.3. The molecule has 0 saturated carbocycles. The van der Waals surface area contributed by atoms with Gasteiger partial charge in [0, 0.05) is 11.5 Å². The number of ether oxygens (including phenoxy) is 2. The van der Waals surface area contributed by atoms with Crippen LogP contribution in [0.5, 0.6) is 0 Å². The van der Waals surface area contributed by atoms with Crippen LogP contribution >= 0.6 is 0 Å². The summed E-state index contributed by atoms with van der Waals surface area (Å²) in [6.45, 7) is 8.42. The molecule has 1 rings (SSSR count). The molecule has 0 N–H and O–H groups in total. The monoisotopic (exact) mass is 184 g/mol. The summed E-state index contributed by atoms with van der Waals surface area (Å²) in [5.41, 5.74) is 0.437. The Labute approximate surface area is 78.7 Å². The van der Waals surface area contributed by atoms with Gasteiger partial charge in [-0.05, 0) is 13.3 Å². The maximum Gasteiger partial charge on any atom is 0.333 e. The van der Waals surface area contributed by atoms with Crippen molar-refractivity contribution in [2.75, 3.05) is 13.2 Å². The number of carbonyl (C=O) groups excluding carboxylic acids is 1. The van der Waals surface area contributed by atoms with Crippen molar-refractivity contribution >= 4 is 5.97 Å². The number of hydrogen-bond acceptors (Lipinski definition) is 3. The van der Waals surface area contributed by atoms with Crippen LogP contribution in [-0.4, -0.2) is 25.3 Å². The molecular formula is C10H16O3. The molecule has 1 fully saturated rings. The molecule has 1 aliphatic rings. The third kappa shape index (κ3) is 2.56. The van der Waals surface area contributed by atoms with Crippen molar-refractivity contribution in [3.63, 3.8) is 0 Å². The van der Waals surface area contributed by atoms with E-state index in [-0.39, 0.29) is 12.1 Å². The molecule has 0 radical (unpaired) electrons. The first-order valence-corrected chi connectivity index (χ1v) is 4.59. The van der Waals surface area contributed by atoms with Gasteiger partial charge in [0.2, 0.25) is 0 Å². The Kier molecular flexibility index (Phi) is 3.48. The Bertz CT molecular complexity index is 208. The van der Waals surface area contributed by atoms with E-state index in [1.54, 1.807) is 6.92 Å². The van der Waals surface area contributed by atoms with E-state index in [1.165, 1.54) is 0 Å². The zero-order valence-electron chi connectivity index (χ0n) is 8.21. The number of carbonyl (C=O) groups is 1. The standard InChI is InChI=1S/C10H16O3/c1-4-8-5-12-9(8)6-13-10(11)7(2)3/h8-9H,2,4-6H2,1,3H3. The van der Waals surface area contributed by atoms with Gasteiger partial charge in [0.1, 0.15) is 6.61 Å². The molecule has 2 atom stereocenters. The Morgan fingerprint density at radius 2 is 2.38 bits per heavy atom. The van der Waals surface area contributed by atoms with Crippen molar-refractivity contribution in [3.8, 4) is 0 Å². The van der Waals surface area contributed by atoms with E-state index in [9.17, 15) is 4.79 Å². The fraction of sp³-hybridized carbons (Fsp3) is 0.700. The smallest absolute Gasteiger partial charge is 0.333 e. The summed E-state index contributed by atoms with van der Waals surface area (Å²) in [6.07, 6.45) is 1.18. The van der Waals surface area contributed by atoms with E-state index in [2.05, 4.69) is 13.5 Å². The highest BCUT2D eigenvalue weighted by Gasteiger charge is 2.31. The maximum absolute atomic E-state index is 11.0. The third-order valence-corrected chi connectivity index (χ3v) is 2.30. The molecule has 3 nitrogen and oxygen atoms in total. The van der Waals surface area contributed by atoms with Crippen LogP contribution in [0, 0.1) is 5.92 Å². The molecular weight excluding hydrogens is 168 g/mol. The molecule has 2 unspecified atom stereocenters. The van der Waals surface area contributed by atoms with Crippen molar-refractivity contribution in [2.24, 2.45) is 5.92 Å². The average molecular weight is 184 g/mol. The lowest BCUT2D eigenvalue weighted by molar-refractivity contribution is -0.164. The molecule has 13 heavy (non-hydrogen) atoms. The molecule has 0 spiro atoms. The van der Waals surface area contributed by atoms with Crippen molar-refractivity contribution in [2.45, 2.75) is 26.4 Å². The summed E-state index contributed by atoms with van der Waals surface area (Å²) < 4.78 is 10.2. The summed E-state index contributed by atoms with van der Waals surface area (Å²) in [7, 11) is 0. The fourth-order valence-corrected chi connectivity index (χ4v) is 1.21. The predicted molar refractivity (Wildman–Crippen MR) is 49.3 cm³/mol. The molecule has 3 heteroatoms. The highest BCUT2D eigenvalue weighted by atomic mass is 16.6. The maximum atomic E-state index is 11.0. The Balaban J connectivity index is 2.19. The predicted octanol–water partition coefficient (Wildman–Crippen LogP) is 1.53. The van der Waals surface area contributed by atoms with E-state index in [1.807, 2.05) is 0 Å². The Morgan fingerprint density at radius 1 is 1.69 bits per heavy atom. The average Bonchev–Trinajstić information content (AvgIpc) is 2.03. The highest BCUT2D eigenvalue weighted by molar-refractivity contribution is 5.86. The number of hydrogen-bond donors (Lipinski definition) is 0. The van der Waals surface area contributed by atoms with Crippen LogP contribution in [-0.2, 0) is 14.3 Å². The van der Waals surface area contributed by atoms with E-state index in [0.29, 0.717) is 18.1 Å². The first kappa shape index (κ1) is 10.3. The second-order valence-electron chi connectivity index (χ2n) is 3.42. The number of esters is 1. The second-order valence-corrected chi connectivity index (χ2v) is 3.42. The fourth-order valence-electron chi connectivity index (χ4n) is 1.21. The lowest BCUT2D eigenvalue weighted by Gasteiger charge is -2.35. The van der Waals surface area contributed by atoms with Gasteiger partial charge in [0.15, 0.2) is 0 Å². The molecule has 0 aromatic heterocycles. The minimum absolute atomic E-state index is 0.105. The van der Waals surface area contributed by atoms with Crippen LogP contribution in [0.2, 0.25) is 0 Å². The third-order valence-electron chi connectivity index (χ3n) is 2.30. The molecule has 0 amide bonds. The van der Waals surface area contributed by atoms with Crippen LogP contribution in [0.4, 0.5) is 0 Å². The quantitative estimate of drug-likeness (QED) is 0.491. The Hall–Kier alpha value is -0.830. The van der Waals surface area contributed by atoms with Gasteiger partial charge in [-0.15, -0.1) is 0 Å². The lowest BCUT2D eigenvalue weighted by Crippen LogP contribution is -2.43. The summed E-state index contributed by atoms with van der Waals surface area (Å²) in [4.78, 5) is 11.0. The van der Waals surface area contributed by atoms with Gasteiger partial charge in [-0.3, -0.25) is 0 Å². The van der Waals surface area contributed by atoms with Gasteiger partial charge in [-0.1, -0.05) is 13.5 Å². The van der Waals surface area contributed by atoms with Crippen LogP contribution in [0.1, 0.15) is 20.3 Å². The SMILES string of the molecule is C=C(C)C(=O)OCC1OCC1CC. The van der Waals surface area contributed by atoms with Crippen molar-refractivity contribution in [1.82, 2.24) is 0 Å². The topological polar surface area (TPSA) is 35.5 Å². The number of rotatable bonds is 4. The highest BCUT2D eigenvalue weighted by Crippen LogP contribution is 2.23. The van der Waals surface area contributed by atoms with Crippen molar-refractivity contribution in [3.05, 3.63) is 12.2 Å². The van der Waals surface area contributed by atoms with E-state index in [4.69, 9.17) is 9.47 Å². The first-order valence-electron chi connectivity index (χ1n) is 4.59. The lowest BCUT2D eigenvalue weighted by atomic mass is 9.96. The Morgan fingerprint density at radius 3 is 2.77 bits per heavy atom. The van der Waals surface area contributed by atoms with Crippen LogP contribution in [0.25, 0.3) is 0 Å². The molecule has 1 saturated heterocycles. The molecule has 0 bridgehead atoms. The second kappa shape index (κ2) is 4.42. The zero-order chi connectivity index (χ0) is 9.84. The summed E-state index contributed by atoms with van der Waals surface area (Å²) in [5, 5.41) is 0. The van der Waals surface area contributed by atoms with E-state index >= 15 is 0 Å². The van der Waals surface area contributed by atoms with E-state index in [0.717, 1.165) is 13.0 Å². The van der Waals surface area contributed by atoms with Crippen molar-refractivity contribution < 1.29 is 14.3 Å². The van der Waals surface area contributed by atoms with Crippen LogP contribution < -0.4 is 0 Å². The van der Waals surface area contributed by atoms with Gasteiger partial charge in [-0.25, -0.2) is 4.79 Å². The minimum Gasteiger partial charge on any atom is -0.460 e. The summed E-state index contributed by atoms with van der Waals surface area (Å²) in [6, 6.07) is 0. The van der Waals surface area contributed by atoms with Crippen LogP contribution in [0.15, 0.2) is 12.2 Å². The van der Waals surface area contributed by atoms with Gasteiger partial charge in [-0.2, -0.15) is 0 Å². The molecule has 0 aromatic carbocycles. The van der Waals surface area contributed by atoms with Gasteiger partial charge in [0.25, 0.3) is 0 Å². The van der Waals surface area contributed by atoms with Gasteiger partial charge < -0.3 is 9.47 Å². The van der Waals surface area contributed by atoms with E-state index < -0.39 is 0 Å². The molecule has 1 heterocycles. The summed E-state index contributed by atoms with van der Waals surface area (Å²) in [5.74, 6) is 0.225.